The van der Waals surface area contributed by atoms with Crippen LogP contribution < -0.4 is 4.90 Å². The molecule has 0 amide bonds. The van der Waals surface area contributed by atoms with Gasteiger partial charge in [0.2, 0.25) is 0 Å². The fourth-order valence-electron chi connectivity index (χ4n) is 1.30. The first-order valence-electron chi connectivity index (χ1n) is 5.75. The van der Waals surface area contributed by atoms with E-state index in [9.17, 15) is 4.79 Å². The van der Waals surface area contributed by atoms with Crippen LogP contribution >= 0.6 is 0 Å². The van der Waals surface area contributed by atoms with Gasteiger partial charge in [-0.2, -0.15) is 0 Å². The van der Waals surface area contributed by atoms with Gasteiger partial charge in [0.05, 0.1) is 6.61 Å². The summed E-state index contributed by atoms with van der Waals surface area (Å²) in [6.45, 7) is 2.44. The number of carbonyl (C=O) groups excluding carboxylic acids is 1. The SMILES string of the molecule is CCCOC(=O)C=Cc1ccc(N(C)C)cc1.[SiH4]. The summed E-state index contributed by atoms with van der Waals surface area (Å²) in [5.74, 6) is -0.288. The number of esters is 1. The van der Waals surface area contributed by atoms with Crippen LogP contribution in [0.15, 0.2) is 30.3 Å². The quantitative estimate of drug-likeness (QED) is 0.456. The second kappa shape index (κ2) is 8.52. The number of nitrogens with zero attached hydrogens (tertiary/aromatic N) is 1. The summed E-state index contributed by atoms with van der Waals surface area (Å²) in [6, 6.07) is 7.96. The molecule has 0 unspecified atom stereocenters. The zero-order valence-corrected chi connectivity index (χ0v) is 10.6. The Morgan fingerprint density at radius 3 is 2.39 bits per heavy atom. The van der Waals surface area contributed by atoms with Crippen molar-refractivity contribution < 1.29 is 9.53 Å². The van der Waals surface area contributed by atoms with Crippen molar-refractivity contribution >= 4 is 28.7 Å². The Balaban J connectivity index is 0.00000289. The van der Waals surface area contributed by atoms with Gasteiger partial charge >= 0.3 is 5.97 Å². The van der Waals surface area contributed by atoms with Gasteiger partial charge in [-0.05, 0) is 41.2 Å². The molecule has 0 saturated heterocycles. The Hall–Kier alpha value is -1.55. The van der Waals surface area contributed by atoms with Gasteiger partial charge in [0.15, 0.2) is 0 Å². The van der Waals surface area contributed by atoms with E-state index >= 15 is 0 Å². The van der Waals surface area contributed by atoms with E-state index in [0.29, 0.717) is 6.61 Å². The highest BCUT2D eigenvalue weighted by Gasteiger charge is 1.96. The second-order valence-corrected chi connectivity index (χ2v) is 3.99. The summed E-state index contributed by atoms with van der Waals surface area (Å²) in [6.07, 6.45) is 4.06. The van der Waals surface area contributed by atoms with Gasteiger partial charge in [0.1, 0.15) is 0 Å². The average Bonchev–Trinajstić information content (AvgIpc) is 2.34. The van der Waals surface area contributed by atoms with Crippen LogP contribution in [0.2, 0.25) is 0 Å². The molecule has 0 bridgehead atoms. The minimum Gasteiger partial charge on any atom is -0.463 e. The maximum atomic E-state index is 11.2. The molecule has 0 N–H and O–H groups in total. The summed E-state index contributed by atoms with van der Waals surface area (Å²) in [5.41, 5.74) is 2.12. The molecule has 0 radical (unpaired) electrons. The van der Waals surface area contributed by atoms with Gasteiger partial charge < -0.3 is 9.64 Å². The number of ether oxygens (including phenoxy) is 1. The van der Waals surface area contributed by atoms with E-state index in [-0.39, 0.29) is 16.9 Å². The Morgan fingerprint density at radius 1 is 1.28 bits per heavy atom. The fraction of sp³-hybridized carbons (Fsp3) is 0.357. The summed E-state index contributed by atoms with van der Waals surface area (Å²) in [5, 5.41) is 0. The van der Waals surface area contributed by atoms with Crippen molar-refractivity contribution in [3.05, 3.63) is 35.9 Å². The first-order valence-corrected chi connectivity index (χ1v) is 5.75. The van der Waals surface area contributed by atoms with Crippen LogP contribution in [0.3, 0.4) is 0 Å². The number of hydrogen-bond donors (Lipinski definition) is 0. The molecular formula is C14H23NO2Si. The lowest BCUT2D eigenvalue weighted by atomic mass is 10.2. The molecule has 1 aromatic carbocycles. The topological polar surface area (TPSA) is 29.5 Å². The smallest absolute Gasteiger partial charge is 0.330 e. The van der Waals surface area contributed by atoms with Gasteiger partial charge in [0, 0.05) is 25.9 Å². The Bertz CT molecular complexity index is 385. The van der Waals surface area contributed by atoms with E-state index in [1.807, 2.05) is 50.2 Å². The van der Waals surface area contributed by atoms with Crippen molar-refractivity contribution in [2.24, 2.45) is 0 Å². The number of anilines is 1. The highest BCUT2D eigenvalue weighted by atomic mass is 28.1. The Morgan fingerprint density at radius 2 is 1.89 bits per heavy atom. The van der Waals surface area contributed by atoms with E-state index in [2.05, 4.69) is 0 Å². The van der Waals surface area contributed by atoms with Gasteiger partial charge in [-0.25, -0.2) is 4.79 Å². The zero-order valence-electron chi connectivity index (χ0n) is 10.6. The van der Waals surface area contributed by atoms with E-state index in [1.54, 1.807) is 6.08 Å². The van der Waals surface area contributed by atoms with Gasteiger partial charge in [-0.3, -0.25) is 0 Å². The molecule has 0 aliphatic heterocycles. The van der Waals surface area contributed by atoms with Gasteiger partial charge in [0.25, 0.3) is 0 Å². The fourth-order valence-corrected chi connectivity index (χ4v) is 1.30. The number of hydrogen-bond acceptors (Lipinski definition) is 3. The maximum Gasteiger partial charge on any atom is 0.330 e. The third-order valence-electron chi connectivity index (χ3n) is 2.27. The van der Waals surface area contributed by atoms with Crippen molar-refractivity contribution in [2.75, 3.05) is 25.6 Å². The molecule has 100 valence electrons. The average molecular weight is 265 g/mol. The predicted octanol–water partition coefficient (Wildman–Crippen LogP) is 1.27. The molecule has 0 atom stereocenters. The molecule has 0 fully saturated rings. The standard InChI is InChI=1S/C14H19NO2.H4Si/c1-4-11-17-14(16)10-7-12-5-8-13(9-6-12)15(2)3;/h5-10H,4,11H2,1-3H3;1H4. The number of carbonyl (C=O) groups is 1. The van der Waals surface area contributed by atoms with E-state index in [0.717, 1.165) is 17.7 Å². The molecule has 1 rings (SSSR count). The van der Waals surface area contributed by atoms with Crippen molar-refractivity contribution in [2.45, 2.75) is 13.3 Å². The van der Waals surface area contributed by atoms with Crippen LogP contribution in [0.5, 0.6) is 0 Å². The second-order valence-electron chi connectivity index (χ2n) is 3.99. The molecule has 0 aliphatic rings. The van der Waals surface area contributed by atoms with E-state index in [4.69, 9.17) is 4.74 Å². The van der Waals surface area contributed by atoms with Crippen molar-refractivity contribution in [1.29, 1.82) is 0 Å². The lowest BCUT2D eigenvalue weighted by Crippen LogP contribution is -2.07. The largest absolute Gasteiger partial charge is 0.463 e. The van der Waals surface area contributed by atoms with Gasteiger partial charge in [-0.15, -0.1) is 0 Å². The van der Waals surface area contributed by atoms with Crippen LogP contribution in [0.1, 0.15) is 18.9 Å². The highest BCUT2D eigenvalue weighted by molar-refractivity contribution is 5.87. The van der Waals surface area contributed by atoms with Crippen LogP contribution in [0.4, 0.5) is 5.69 Å². The Kier molecular flexibility index (Phi) is 7.79. The molecule has 0 aliphatic carbocycles. The minimum absolute atomic E-state index is 0. The summed E-state index contributed by atoms with van der Waals surface area (Å²) < 4.78 is 4.94. The van der Waals surface area contributed by atoms with Crippen molar-refractivity contribution in [1.82, 2.24) is 0 Å². The first kappa shape index (κ1) is 16.4. The summed E-state index contributed by atoms with van der Waals surface area (Å²) >= 11 is 0. The summed E-state index contributed by atoms with van der Waals surface area (Å²) in [7, 11) is 3.99. The molecule has 0 heterocycles. The zero-order chi connectivity index (χ0) is 12.7. The third kappa shape index (κ3) is 5.68. The summed E-state index contributed by atoms with van der Waals surface area (Å²) in [4.78, 5) is 13.3. The van der Waals surface area contributed by atoms with Crippen LogP contribution in [-0.2, 0) is 9.53 Å². The maximum absolute atomic E-state index is 11.2. The molecule has 18 heavy (non-hydrogen) atoms. The monoisotopic (exact) mass is 265 g/mol. The molecule has 4 heteroatoms. The van der Waals surface area contributed by atoms with E-state index < -0.39 is 0 Å². The van der Waals surface area contributed by atoms with E-state index in [1.165, 1.54) is 6.08 Å². The molecule has 0 spiro atoms. The van der Waals surface area contributed by atoms with Crippen molar-refractivity contribution in [3.63, 3.8) is 0 Å². The van der Waals surface area contributed by atoms with Crippen LogP contribution in [0.25, 0.3) is 6.08 Å². The van der Waals surface area contributed by atoms with Gasteiger partial charge in [-0.1, -0.05) is 19.1 Å². The highest BCUT2D eigenvalue weighted by Crippen LogP contribution is 2.13. The molecular weight excluding hydrogens is 242 g/mol. The van der Waals surface area contributed by atoms with Crippen LogP contribution in [0, 0.1) is 0 Å². The first-order chi connectivity index (χ1) is 8.13. The molecule has 0 saturated carbocycles. The number of benzene rings is 1. The molecule has 3 nitrogen and oxygen atoms in total. The Labute approximate surface area is 113 Å². The van der Waals surface area contributed by atoms with Crippen LogP contribution in [-0.4, -0.2) is 37.6 Å². The molecule has 1 aromatic rings. The van der Waals surface area contributed by atoms with Crippen molar-refractivity contribution in [3.8, 4) is 0 Å². The number of rotatable bonds is 5. The normalized spacial score (nSPS) is 9.94. The lowest BCUT2D eigenvalue weighted by Gasteiger charge is -2.11. The minimum atomic E-state index is -0.288. The third-order valence-corrected chi connectivity index (χ3v) is 2.27. The molecule has 0 aromatic heterocycles. The predicted molar refractivity (Wildman–Crippen MR) is 82.4 cm³/mol. The lowest BCUT2D eigenvalue weighted by molar-refractivity contribution is -0.137.